The van der Waals surface area contributed by atoms with Gasteiger partial charge in [-0.1, -0.05) is 6.07 Å². The molecule has 90 valence electrons. The highest BCUT2D eigenvalue weighted by atomic mass is 19.1. The molecule has 2 aromatic rings. The van der Waals surface area contributed by atoms with Crippen molar-refractivity contribution in [3.8, 4) is 0 Å². The van der Waals surface area contributed by atoms with Gasteiger partial charge in [0.25, 0.3) is 0 Å². The van der Waals surface area contributed by atoms with Crippen LogP contribution in [0.25, 0.3) is 0 Å². The highest BCUT2D eigenvalue weighted by Crippen LogP contribution is 2.36. The number of hydrogen-bond donors (Lipinski definition) is 1. The van der Waals surface area contributed by atoms with E-state index in [0.717, 1.165) is 11.1 Å². The van der Waals surface area contributed by atoms with E-state index in [2.05, 4.69) is 10.3 Å². The van der Waals surface area contributed by atoms with Crippen molar-refractivity contribution in [3.05, 3.63) is 59.7 Å². The van der Waals surface area contributed by atoms with E-state index < -0.39 is 0 Å². The van der Waals surface area contributed by atoms with Crippen LogP contribution >= 0.6 is 0 Å². The van der Waals surface area contributed by atoms with Crippen molar-refractivity contribution in [2.45, 2.75) is 12.3 Å². The van der Waals surface area contributed by atoms with Crippen LogP contribution in [0.2, 0.25) is 0 Å². The third kappa shape index (κ3) is 1.86. The van der Waals surface area contributed by atoms with Crippen molar-refractivity contribution in [2.24, 2.45) is 0 Å². The molecule has 1 atom stereocenters. The van der Waals surface area contributed by atoms with Gasteiger partial charge in [0, 0.05) is 30.4 Å². The summed E-state index contributed by atoms with van der Waals surface area (Å²) in [5, 5.41) is 2.76. The number of hydrogen-bond acceptors (Lipinski definition) is 2. The molecule has 0 saturated heterocycles. The Hall–Kier alpha value is -2.23. The van der Waals surface area contributed by atoms with Gasteiger partial charge in [-0.2, -0.15) is 0 Å². The second kappa shape index (κ2) is 4.22. The molecule has 0 saturated carbocycles. The zero-order chi connectivity index (χ0) is 12.5. The van der Waals surface area contributed by atoms with Gasteiger partial charge in [0.1, 0.15) is 5.82 Å². The summed E-state index contributed by atoms with van der Waals surface area (Å²) in [6.45, 7) is 0. The maximum Gasteiger partial charge on any atom is 0.225 e. The number of anilines is 1. The Balaban J connectivity index is 2.12. The summed E-state index contributed by atoms with van der Waals surface area (Å²) >= 11 is 0. The summed E-state index contributed by atoms with van der Waals surface area (Å²) in [5.74, 6) is -0.472. The number of carbonyl (C=O) groups is 1. The molecule has 1 aromatic carbocycles. The average molecular weight is 242 g/mol. The van der Waals surface area contributed by atoms with E-state index in [1.807, 2.05) is 12.1 Å². The van der Waals surface area contributed by atoms with Gasteiger partial charge in [0.05, 0.1) is 0 Å². The normalized spacial score (nSPS) is 18.1. The smallest absolute Gasteiger partial charge is 0.225 e. The molecule has 0 fully saturated rings. The Kier molecular flexibility index (Phi) is 2.55. The zero-order valence-corrected chi connectivity index (χ0v) is 9.56. The molecule has 0 aliphatic carbocycles. The number of rotatable bonds is 1. The molecule has 1 aliphatic heterocycles. The van der Waals surface area contributed by atoms with Gasteiger partial charge < -0.3 is 5.32 Å². The van der Waals surface area contributed by atoms with E-state index in [-0.39, 0.29) is 17.6 Å². The van der Waals surface area contributed by atoms with Crippen LogP contribution < -0.4 is 5.32 Å². The molecule has 18 heavy (non-hydrogen) atoms. The number of amides is 1. The molecular formula is C14H11FN2O. The maximum absolute atomic E-state index is 13.4. The Morgan fingerprint density at radius 3 is 3.00 bits per heavy atom. The van der Waals surface area contributed by atoms with Crippen LogP contribution in [0.1, 0.15) is 23.5 Å². The molecule has 4 heteroatoms. The monoisotopic (exact) mass is 242 g/mol. The predicted octanol–water partition coefficient (Wildman–Crippen LogP) is 2.69. The summed E-state index contributed by atoms with van der Waals surface area (Å²) < 4.78 is 13.4. The molecule has 3 rings (SSSR count). The van der Waals surface area contributed by atoms with Gasteiger partial charge in [0.2, 0.25) is 5.91 Å². The first-order valence-corrected chi connectivity index (χ1v) is 5.73. The van der Waals surface area contributed by atoms with Crippen LogP contribution in [0.3, 0.4) is 0 Å². The SMILES string of the molecule is O=C1CC(c2cccnc2)c2cc(F)ccc2N1. The van der Waals surface area contributed by atoms with Crippen LogP contribution in [-0.4, -0.2) is 10.9 Å². The highest BCUT2D eigenvalue weighted by molar-refractivity contribution is 5.95. The van der Waals surface area contributed by atoms with Gasteiger partial charge in [-0.05, 0) is 35.4 Å². The van der Waals surface area contributed by atoms with Crippen molar-refractivity contribution < 1.29 is 9.18 Å². The van der Waals surface area contributed by atoms with Gasteiger partial charge in [-0.3, -0.25) is 9.78 Å². The standard InChI is InChI=1S/C14H11FN2O/c15-10-3-4-13-12(6-10)11(7-14(18)17-13)9-2-1-5-16-8-9/h1-6,8,11H,7H2,(H,17,18). The van der Waals surface area contributed by atoms with Crippen molar-refractivity contribution in [3.63, 3.8) is 0 Å². The van der Waals surface area contributed by atoms with Gasteiger partial charge >= 0.3 is 0 Å². The molecule has 2 heterocycles. The number of nitrogens with one attached hydrogen (secondary N) is 1. The van der Waals surface area contributed by atoms with Crippen LogP contribution in [-0.2, 0) is 4.79 Å². The predicted molar refractivity (Wildman–Crippen MR) is 65.7 cm³/mol. The van der Waals surface area contributed by atoms with Crippen molar-refractivity contribution in [2.75, 3.05) is 5.32 Å². The van der Waals surface area contributed by atoms with E-state index in [1.54, 1.807) is 18.5 Å². The van der Waals surface area contributed by atoms with Crippen LogP contribution in [0.5, 0.6) is 0 Å². The fourth-order valence-electron chi connectivity index (χ4n) is 2.31. The summed E-state index contributed by atoms with van der Waals surface area (Å²) in [7, 11) is 0. The highest BCUT2D eigenvalue weighted by Gasteiger charge is 2.26. The van der Waals surface area contributed by atoms with Crippen LogP contribution in [0.15, 0.2) is 42.7 Å². The molecular weight excluding hydrogens is 231 g/mol. The Morgan fingerprint density at radius 2 is 2.22 bits per heavy atom. The molecule has 1 unspecified atom stereocenters. The third-order valence-corrected chi connectivity index (χ3v) is 3.14. The number of benzene rings is 1. The van der Waals surface area contributed by atoms with Crippen LogP contribution in [0.4, 0.5) is 10.1 Å². The molecule has 0 spiro atoms. The quantitative estimate of drug-likeness (QED) is 0.835. The number of pyridine rings is 1. The average Bonchev–Trinajstić information content (AvgIpc) is 2.39. The molecule has 1 N–H and O–H groups in total. The summed E-state index contributed by atoms with van der Waals surface area (Å²) in [6.07, 6.45) is 3.72. The lowest BCUT2D eigenvalue weighted by Crippen LogP contribution is -2.23. The number of aromatic nitrogens is 1. The molecule has 3 nitrogen and oxygen atoms in total. The lowest BCUT2D eigenvalue weighted by atomic mass is 9.85. The van der Waals surface area contributed by atoms with Gasteiger partial charge in [-0.15, -0.1) is 0 Å². The first-order valence-electron chi connectivity index (χ1n) is 5.73. The largest absolute Gasteiger partial charge is 0.326 e. The molecule has 1 aliphatic rings. The minimum absolute atomic E-state index is 0.0528. The summed E-state index contributed by atoms with van der Waals surface area (Å²) in [6, 6.07) is 8.16. The number of carbonyl (C=O) groups excluding carboxylic acids is 1. The first kappa shape index (κ1) is 10.9. The van der Waals surface area contributed by atoms with E-state index in [1.165, 1.54) is 12.1 Å². The maximum atomic E-state index is 13.4. The fraction of sp³-hybridized carbons (Fsp3) is 0.143. The molecule has 0 radical (unpaired) electrons. The van der Waals surface area contributed by atoms with E-state index in [9.17, 15) is 9.18 Å². The summed E-state index contributed by atoms with van der Waals surface area (Å²) in [4.78, 5) is 15.7. The van der Waals surface area contributed by atoms with Crippen LogP contribution in [0, 0.1) is 5.82 Å². The van der Waals surface area contributed by atoms with E-state index in [4.69, 9.17) is 0 Å². The minimum Gasteiger partial charge on any atom is -0.326 e. The fourth-order valence-corrected chi connectivity index (χ4v) is 2.31. The van der Waals surface area contributed by atoms with Gasteiger partial charge in [0.15, 0.2) is 0 Å². The van der Waals surface area contributed by atoms with E-state index in [0.29, 0.717) is 12.1 Å². The minimum atomic E-state index is -0.293. The van der Waals surface area contributed by atoms with Crippen molar-refractivity contribution in [1.29, 1.82) is 0 Å². The number of fused-ring (bicyclic) bond motifs is 1. The second-order valence-electron chi connectivity index (χ2n) is 4.32. The molecule has 1 amide bonds. The number of halogens is 1. The summed E-state index contributed by atoms with van der Waals surface area (Å²) in [5.41, 5.74) is 2.42. The third-order valence-electron chi connectivity index (χ3n) is 3.14. The lowest BCUT2D eigenvalue weighted by molar-refractivity contribution is -0.116. The first-order chi connectivity index (χ1) is 8.74. The topological polar surface area (TPSA) is 42.0 Å². The lowest BCUT2D eigenvalue weighted by Gasteiger charge is -2.25. The Labute approximate surface area is 104 Å². The van der Waals surface area contributed by atoms with E-state index >= 15 is 0 Å². The molecule has 0 bridgehead atoms. The van der Waals surface area contributed by atoms with Crippen molar-refractivity contribution >= 4 is 11.6 Å². The second-order valence-corrected chi connectivity index (χ2v) is 4.32. The molecule has 1 aromatic heterocycles. The van der Waals surface area contributed by atoms with Gasteiger partial charge in [-0.25, -0.2) is 4.39 Å². The zero-order valence-electron chi connectivity index (χ0n) is 9.56. The van der Waals surface area contributed by atoms with Crippen molar-refractivity contribution in [1.82, 2.24) is 4.98 Å². The number of nitrogens with zero attached hydrogens (tertiary/aromatic N) is 1. The Bertz CT molecular complexity index is 598. The Morgan fingerprint density at radius 1 is 1.33 bits per heavy atom.